The lowest BCUT2D eigenvalue weighted by Crippen LogP contribution is -2.30. The van der Waals surface area contributed by atoms with Crippen molar-refractivity contribution in [1.82, 2.24) is 9.55 Å². The number of benzene rings is 1. The number of nitrogens with zero attached hydrogens (tertiary/aromatic N) is 4. The molecule has 0 aliphatic carbocycles. The molecule has 0 fully saturated rings. The molecule has 1 aromatic heterocycles. The van der Waals surface area contributed by atoms with Crippen LogP contribution in [-0.4, -0.2) is 27.1 Å². The van der Waals surface area contributed by atoms with Crippen LogP contribution in [0.1, 0.15) is 20.8 Å². The van der Waals surface area contributed by atoms with E-state index in [1.807, 2.05) is 24.3 Å². The van der Waals surface area contributed by atoms with E-state index in [1.165, 1.54) is 6.33 Å². The molecule has 0 spiro atoms. The first-order chi connectivity index (χ1) is 10.4. The van der Waals surface area contributed by atoms with Crippen molar-refractivity contribution >= 4 is 23.0 Å². The van der Waals surface area contributed by atoms with Gasteiger partial charge < -0.3 is 20.3 Å². The van der Waals surface area contributed by atoms with Crippen molar-refractivity contribution in [3.8, 4) is 0 Å². The zero-order valence-corrected chi connectivity index (χ0v) is 13.3. The van der Waals surface area contributed by atoms with Gasteiger partial charge in [0.15, 0.2) is 0 Å². The summed E-state index contributed by atoms with van der Waals surface area (Å²) in [6, 6.07) is 8.26. The summed E-state index contributed by atoms with van der Waals surface area (Å²) in [5, 5.41) is 14.0. The Morgan fingerprint density at radius 3 is 2.50 bits per heavy atom. The lowest BCUT2D eigenvalue weighted by molar-refractivity contribution is -0.388. The van der Waals surface area contributed by atoms with Crippen LogP contribution in [0.5, 0.6) is 0 Å². The van der Waals surface area contributed by atoms with Crippen LogP contribution in [0, 0.1) is 10.1 Å². The summed E-state index contributed by atoms with van der Waals surface area (Å²) < 4.78 is 1.60. The highest BCUT2D eigenvalue weighted by molar-refractivity contribution is 5.66. The molecule has 118 valence electrons. The normalized spacial score (nSPS) is 10.8. The molecule has 0 saturated carbocycles. The first-order valence-electron chi connectivity index (χ1n) is 7.23. The number of hydrogen-bond donors (Lipinski definition) is 1. The molecule has 0 saturated heterocycles. The minimum Gasteiger partial charge on any atom is -0.369 e. The van der Waals surface area contributed by atoms with E-state index in [-0.39, 0.29) is 5.82 Å². The first-order valence-corrected chi connectivity index (χ1v) is 7.23. The summed E-state index contributed by atoms with van der Waals surface area (Å²) >= 11 is 0. The SMILES string of the molecule is CCN(c1ccc(Nc2c([N+](=O)[O-])ncn2C)cc1)C(C)C. The Labute approximate surface area is 129 Å². The van der Waals surface area contributed by atoms with Crippen LogP contribution in [0.2, 0.25) is 0 Å². The van der Waals surface area contributed by atoms with E-state index < -0.39 is 4.92 Å². The van der Waals surface area contributed by atoms with Crippen LogP contribution in [-0.2, 0) is 7.05 Å². The highest BCUT2D eigenvalue weighted by Crippen LogP contribution is 2.27. The van der Waals surface area contributed by atoms with Crippen LogP contribution in [0.4, 0.5) is 23.0 Å². The number of aryl methyl sites for hydroxylation is 1. The predicted molar refractivity (Wildman–Crippen MR) is 87.7 cm³/mol. The molecule has 0 aliphatic heterocycles. The van der Waals surface area contributed by atoms with E-state index in [2.05, 4.69) is 36.0 Å². The van der Waals surface area contributed by atoms with E-state index in [4.69, 9.17) is 0 Å². The highest BCUT2D eigenvalue weighted by Gasteiger charge is 2.20. The lowest BCUT2D eigenvalue weighted by atomic mass is 10.2. The molecule has 0 aliphatic rings. The maximum atomic E-state index is 11.0. The smallest absolute Gasteiger partial charge is 0.369 e. The van der Waals surface area contributed by atoms with Gasteiger partial charge >= 0.3 is 5.82 Å². The minimum absolute atomic E-state index is 0.177. The highest BCUT2D eigenvalue weighted by atomic mass is 16.6. The molecular formula is C15H21N5O2. The topological polar surface area (TPSA) is 76.2 Å². The lowest BCUT2D eigenvalue weighted by Gasteiger charge is -2.27. The average molecular weight is 303 g/mol. The molecule has 2 aromatic rings. The van der Waals surface area contributed by atoms with E-state index in [0.29, 0.717) is 11.9 Å². The van der Waals surface area contributed by atoms with Crippen molar-refractivity contribution < 1.29 is 4.92 Å². The Hall–Kier alpha value is -2.57. The quantitative estimate of drug-likeness (QED) is 0.654. The van der Waals surface area contributed by atoms with Crippen molar-refractivity contribution in [3.63, 3.8) is 0 Å². The zero-order chi connectivity index (χ0) is 16.3. The van der Waals surface area contributed by atoms with Crippen molar-refractivity contribution in [3.05, 3.63) is 40.7 Å². The van der Waals surface area contributed by atoms with Gasteiger partial charge in [-0.3, -0.25) is 4.57 Å². The summed E-state index contributed by atoms with van der Waals surface area (Å²) in [5.74, 6) is 0.192. The molecule has 0 bridgehead atoms. The Balaban J connectivity index is 2.22. The monoisotopic (exact) mass is 303 g/mol. The van der Waals surface area contributed by atoms with Gasteiger partial charge in [-0.05, 0) is 54.9 Å². The second-order valence-electron chi connectivity index (χ2n) is 5.34. The standard InChI is InChI=1S/C15H21N5O2/c1-5-19(11(2)3)13-8-6-12(7-9-13)17-15-14(20(21)22)16-10-18(15)4/h6-11,17H,5H2,1-4H3. The summed E-state index contributed by atoms with van der Waals surface area (Å²) in [5.41, 5.74) is 1.91. The average Bonchev–Trinajstić information content (AvgIpc) is 2.82. The van der Waals surface area contributed by atoms with E-state index in [0.717, 1.165) is 17.9 Å². The largest absolute Gasteiger partial charge is 0.406 e. The molecule has 0 unspecified atom stereocenters. The molecule has 1 heterocycles. The number of nitro groups is 1. The predicted octanol–water partition coefficient (Wildman–Crippen LogP) is 3.31. The van der Waals surface area contributed by atoms with Crippen LogP contribution >= 0.6 is 0 Å². The molecule has 1 N–H and O–H groups in total. The van der Waals surface area contributed by atoms with Crippen molar-refractivity contribution in [2.24, 2.45) is 7.05 Å². The fraction of sp³-hybridized carbons (Fsp3) is 0.400. The number of anilines is 3. The van der Waals surface area contributed by atoms with Crippen molar-refractivity contribution in [1.29, 1.82) is 0 Å². The van der Waals surface area contributed by atoms with Crippen LogP contribution < -0.4 is 10.2 Å². The van der Waals surface area contributed by atoms with Gasteiger partial charge in [-0.25, -0.2) is 0 Å². The Morgan fingerprint density at radius 2 is 2.00 bits per heavy atom. The van der Waals surface area contributed by atoms with Gasteiger partial charge in [0.05, 0.1) is 0 Å². The summed E-state index contributed by atoms with van der Waals surface area (Å²) in [7, 11) is 1.72. The third-order valence-electron chi connectivity index (χ3n) is 3.52. The van der Waals surface area contributed by atoms with E-state index >= 15 is 0 Å². The molecule has 22 heavy (non-hydrogen) atoms. The Kier molecular flexibility index (Phi) is 4.65. The van der Waals surface area contributed by atoms with Gasteiger partial charge in [0.1, 0.15) is 0 Å². The maximum absolute atomic E-state index is 11.0. The number of rotatable bonds is 6. The summed E-state index contributed by atoms with van der Waals surface area (Å²) in [4.78, 5) is 16.5. The third-order valence-corrected chi connectivity index (χ3v) is 3.52. The molecule has 7 heteroatoms. The van der Waals surface area contributed by atoms with E-state index in [9.17, 15) is 10.1 Å². The second-order valence-corrected chi connectivity index (χ2v) is 5.34. The van der Waals surface area contributed by atoms with Gasteiger partial charge in [0.25, 0.3) is 0 Å². The molecule has 0 amide bonds. The van der Waals surface area contributed by atoms with E-state index in [1.54, 1.807) is 11.6 Å². The van der Waals surface area contributed by atoms with Gasteiger partial charge in [0, 0.05) is 31.0 Å². The maximum Gasteiger partial charge on any atom is 0.406 e. The molecule has 2 rings (SSSR count). The summed E-state index contributed by atoms with van der Waals surface area (Å²) in [6.45, 7) is 7.34. The molecule has 0 radical (unpaired) electrons. The molecule has 7 nitrogen and oxygen atoms in total. The van der Waals surface area contributed by atoms with Gasteiger partial charge in [-0.1, -0.05) is 0 Å². The van der Waals surface area contributed by atoms with Crippen LogP contribution in [0.15, 0.2) is 30.6 Å². The Morgan fingerprint density at radius 1 is 1.36 bits per heavy atom. The zero-order valence-electron chi connectivity index (χ0n) is 13.3. The molecule has 0 atom stereocenters. The third kappa shape index (κ3) is 3.19. The number of hydrogen-bond acceptors (Lipinski definition) is 5. The second kappa shape index (κ2) is 6.46. The number of aromatic nitrogens is 2. The number of imidazole rings is 1. The van der Waals surface area contributed by atoms with Gasteiger partial charge in [-0.15, -0.1) is 0 Å². The van der Waals surface area contributed by atoms with Crippen LogP contribution in [0.25, 0.3) is 0 Å². The number of nitrogens with one attached hydrogen (secondary N) is 1. The van der Waals surface area contributed by atoms with Crippen LogP contribution in [0.3, 0.4) is 0 Å². The molecule has 1 aromatic carbocycles. The summed E-state index contributed by atoms with van der Waals surface area (Å²) in [6.07, 6.45) is 1.42. The minimum atomic E-state index is -0.492. The van der Waals surface area contributed by atoms with Crippen molar-refractivity contribution in [2.45, 2.75) is 26.8 Å². The molecular weight excluding hydrogens is 282 g/mol. The van der Waals surface area contributed by atoms with Gasteiger partial charge in [-0.2, -0.15) is 0 Å². The Bertz CT molecular complexity index is 648. The van der Waals surface area contributed by atoms with Crippen molar-refractivity contribution in [2.75, 3.05) is 16.8 Å². The van der Waals surface area contributed by atoms with Gasteiger partial charge in [0.2, 0.25) is 12.1 Å². The fourth-order valence-corrected chi connectivity index (χ4v) is 2.41. The first kappa shape index (κ1) is 15.8. The fourth-order valence-electron chi connectivity index (χ4n) is 2.41.